The number of benzene rings is 1. The van der Waals surface area contributed by atoms with E-state index in [-0.39, 0.29) is 0 Å². The van der Waals surface area contributed by atoms with Gasteiger partial charge in [0.1, 0.15) is 0 Å². The Hall–Kier alpha value is -0.820. The molecule has 0 aliphatic rings. The molecule has 11 heavy (non-hydrogen) atoms. The van der Waals surface area contributed by atoms with Crippen molar-refractivity contribution in [3.63, 3.8) is 0 Å². The first-order valence-corrected chi connectivity index (χ1v) is 3.97. The molecule has 1 aromatic carbocycles. The zero-order chi connectivity index (χ0) is 8.53. The van der Waals surface area contributed by atoms with Crippen molar-refractivity contribution >= 4 is 0 Å². The van der Waals surface area contributed by atoms with E-state index in [0.717, 1.165) is 6.42 Å². The lowest BCUT2D eigenvalue weighted by atomic mass is 10.2. The van der Waals surface area contributed by atoms with Gasteiger partial charge in [0.2, 0.25) is 0 Å². The van der Waals surface area contributed by atoms with Crippen molar-refractivity contribution in [1.29, 1.82) is 0 Å². The number of aryl methyl sites for hydroxylation is 1. The molecular weight excluding hydrogens is 134 g/mol. The van der Waals surface area contributed by atoms with E-state index in [0.29, 0.717) is 0 Å². The minimum atomic E-state index is 1.14. The molecule has 0 aromatic heterocycles. The topological polar surface area (TPSA) is 12.0 Å². The lowest BCUT2D eigenvalue weighted by Gasteiger charge is -1.89. The van der Waals surface area contributed by atoms with Gasteiger partial charge in [-0.2, -0.15) is 0 Å². The molecule has 1 aromatic rings. The Bertz CT molecular complexity index is 158. The lowest BCUT2D eigenvalue weighted by molar-refractivity contribution is 1.02. The molecule has 1 rings (SSSR count). The molecular formula is C10H17N. The Morgan fingerprint density at radius 1 is 1.09 bits per heavy atom. The number of nitrogens with one attached hydrogen (secondary N) is 1. The molecule has 1 N–H and O–H groups in total. The van der Waals surface area contributed by atoms with Gasteiger partial charge < -0.3 is 5.32 Å². The molecule has 0 aliphatic carbocycles. The number of hydrogen-bond acceptors (Lipinski definition) is 1. The molecule has 1 nitrogen and oxygen atoms in total. The average molecular weight is 151 g/mol. The van der Waals surface area contributed by atoms with E-state index in [4.69, 9.17) is 0 Å². The average Bonchev–Trinajstić information content (AvgIpc) is 2.08. The van der Waals surface area contributed by atoms with Crippen LogP contribution < -0.4 is 5.32 Å². The van der Waals surface area contributed by atoms with Gasteiger partial charge in [0.25, 0.3) is 0 Å². The van der Waals surface area contributed by atoms with Crippen LogP contribution >= 0.6 is 0 Å². The predicted molar refractivity (Wildman–Crippen MR) is 50.8 cm³/mol. The first-order valence-electron chi connectivity index (χ1n) is 3.97. The Labute approximate surface area is 69.4 Å². The fraction of sp³-hybridized carbons (Fsp3) is 0.400. The molecule has 0 saturated carbocycles. The zero-order valence-corrected chi connectivity index (χ0v) is 7.59. The molecule has 0 saturated heterocycles. The van der Waals surface area contributed by atoms with E-state index in [2.05, 4.69) is 36.5 Å². The Kier molecular flexibility index (Phi) is 6.75. The summed E-state index contributed by atoms with van der Waals surface area (Å²) >= 11 is 0. The van der Waals surface area contributed by atoms with Gasteiger partial charge in [-0.1, -0.05) is 37.3 Å². The highest BCUT2D eigenvalue weighted by Gasteiger charge is 1.79. The highest BCUT2D eigenvalue weighted by atomic mass is 14.7. The maximum absolute atomic E-state index is 2.75. The first kappa shape index (κ1) is 10.2. The quantitative estimate of drug-likeness (QED) is 0.648. The van der Waals surface area contributed by atoms with Gasteiger partial charge in [0.15, 0.2) is 0 Å². The summed E-state index contributed by atoms with van der Waals surface area (Å²) in [4.78, 5) is 0. The van der Waals surface area contributed by atoms with Crippen LogP contribution in [0.3, 0.4) is 0 Å². The Morgan fingerprint density at radius 2 is 1.55 bits per heavy atom. The van der Waals surface area contributed by atoms with Crippen LogP contribution in [0.1, 0.15) is 12.5 Å². The second-order valence-corrected chi connectivity index (χ2v) is 2.34. The van der Waals surface area contributed by atoms with Gasteiger partial charge in [0.05, 0.1) is 0 Å². The fourth-order valence-electron chi connectivity index (χ4n) is 0.714. The second-order valence-electron chi connectivity index (χ2n) is 2.34. The van der Waals surface area contributed by atoms with Crippen LogP contribution in [-0.2, 0) is 6.42 Å². The summed E-state index contributed by atoms with van der Waals surface area (Å²) in [5.41, 5.74) is 1.41. The Balaban J connectivity index is 0.000000292. The van der Waals surface area contributed by atoms with Gasteiger partial charge in [0, 0.05) is 0 Å². The minimum Gasteiger partial charge on any atom is -0.323 e. The largest absolute Gasteiger partial charge is 0.323 e. The van der Waals surface area contributed by atoms with E-state index < -0.39 is 0 Å². The molecule has 0 unspecified atom stereocenters. The maximum Gasteiger partial charge on any atom is -0.0167 e. The van der Waals surface area contributed by atoms with Crippen molar-refractivity contribution in [3.05, 3.63) is 35.9 Å². The van der Waals surface area contributed by atoms with Crippen LogP contribution in [0, 0.1) is 0 Å². The van der Waals surface area contributed by atoms with E-state index in [1.807, 2.05) is 20.2 Å². The predicted octanol–water partition coefficient (Wildman–Crippen LogP) is 2.08. The van der Waals surface area contributed by atoms with Gasteiger partial charge in [-0.15, -0.1) is 0 Å². The van der Waals surface area contributed by atoms with E-state index in [9.17, 15) is 0 Å². The normalized spacial score (nSPS) is 8.27. The van der Waals surface area contributed by atoms with Crippen molar-refractivity contribution in [2.45, 2.75) is 13.3 Å². The second kappa shape index (κ2) is 7.29. The minimum absolute atomic E-state index is 1.14. The molecule has 0 spiro atoms. The molecule has 0 bridgehead atoms. The molecule has 0 aliphatic heterocycles. The van der Waals surface area contributed by atoms with Crippen LogP contribution in [-0.4, -0.2) is 14.1 Å². The van der Waals surface area contributed by atoms with Crippen molar-refractivity contribution in [3.8, 4) is 0 Å². The van der Waals surface area contributed by atoms with Crippen molar-refractivity contribution in [2.75, 3.05) is 14.1 Å². The molecule has 0 radical (unpaired) electrons. The lowest BCUT2D eigenvalue weighted by Crippen LogP contribution is -1.89. The van der Waals surface area contributed by atoms with E-state index in [1.165, 1.54) is 5.56 Å². The Morgan fingerprint density at radius 3 is 1.82 bits per heavy atom. The van der Waals surface area contributed by atoms with Gasteiger partial charge >= 0.3 is 0 Å². The van der Waals surface area contributed by atoms with Gasteiger partial charge in [-0.05, 0) is 26.1 Å². The summed E-state index contributed by atoms with van der Waals surface area (Å²) in [6.45, 7) is 2.16. The van der Waals surface area contributed by atoms with Crippen LogP contribution in [0.5, 0.6) is 0 Å². The highest BCUT2D eigenvalue weighted by molar-refractivity contribution is 5.13. The monoisotopic (exact) mass is 151 g/mol. The summed E-state index contributed by atoms with van der Waals surface area (Å²) in [7, 11) is 3.75. The maximum atomic E-state index is 2.75. The number of rotatable bonds is 1. The van der Waals surface area contributed by atoms with E-state index >= 15 is 0 Å². The summed E-state index contributed by atoms with van der Waals surface area (Å²) in [5, 5.41) is 2.75. The summed E-state index contributed by atoms with van der Waals surface area (Å²) in [5.74, 6) is 0. The SMILES string of the molecule is CCc1ccccc1.CNC. The third kappa shape index (κ3) is 5.62. The molecule has 0 heterocycles. The molecule has 0 fully saturated rings. The summed E-state index contributed by atoms with van der Waals surface area (Å²) in [6.07, 6.45) is 1.14. The fourth-order valence-corrected chi connectivity index (χ4v) is 0.714. The molecule has 0 atom stereocenters. The van der Waals surface area contributed by atoms with Crippen LogP contribution in [0.4, 0.5) is 0 Å². The highest BCUT2D eigenvalue weighted by Crippen LogP contribution is 1.96. The standard InChI is InChI=1S/C8H10.C2H7N/c1-2-8-6-4-3-5-7-8;1-3-2/h3-7H,2H2,1H3;3H,1-2H3. The smallest absolute Gasteiger partial charge is 0.0167 e. The van der Waals surface area contributed by atoms with E-state index in [1.54, 1.807) is 0 Å². The third-order valence-corrected chi connectivity index (χ3v) is 1.25. The molecule has 0 amide bonds. The summed E-state index contributed by atoms with van der Waals surface area (Å²) < 4.78 is 0. The zero-order valence-electron chi connectivity index (χ0n) is 7.59. The molecule has 1 heteroatoms. The van der Waals surface area contributed by atoms with Gasteiger partial charge in [-0.3, -0.25) is 0 Å². The third-order valence-electron chi connectivity index (χ3n) is 1.25. The van der Waals surface area contributed by atoms with Crippen LogP contribution in [0.25, 0.3) is 0 Å². The number of hydrogen-bond donors (Lipinski definition) is 1. The van der Waals surface area contributed by atoms with Crippen LogP contribution in [0.2, 0.25) is 0 Å². The van der Waals surface area contributed by atoms with Crippen molar-refractivity contribution in [2.24, 2.45) is 0 Å². The first-order chi connectivity index (χ1) is 5.35. The van der Waals surface area contributed by atoms with Crippen LogP contribution in [0.15, 0.2) is 30.3 Å². The summed E-state index contributed by atoms with van der Waals surface area (Å²) in [6, 6.07) is 10.5. The van der Waals surface area contributed by atoms with Crippen molar-refractivity contribution in [1.82, 2.24) is 5.32 Å². The van der Waals surface area contributed by atoms with Crippen molar-refractivity contribution < 1.29 is 0 Å². The molecule has 62 valence electrons. The van der Waals surface area contributed by atoms with Gasteiger partial charge in [-0.25, -0.2) is 0 Å².